The molecule has 0 bridgehead atoms. The normalized spacial score (nSPS) is 10.0. The average Bonchev–Trinajstić information content (AvgIpc) is 2.46. The molecule has 2 nitrogen and oxygen atoms in total. The Balaban J connectivity index is 2.26. The van der Waals surface area contributed by atoms with E-state index in [0.717, 1.165) is 15.6 Å². The molecular formula is C16H15BrO2. The Bertz CT molecular complexity index is 564. The standard InChI is InChI=1S/C16H15BrO2/c1-3-13-9-14(17)10-15(18-2)16(13)19-11-12-7-5-4-6-8-12/h3-10H,1,11H2,2H3. The summed E-state index contributed by atoms with van der Waals surface area (Å²) < 4.78 is 12.2. The molecule has 0 heterocycles. The molecule has 0 atom stereocenters. The molecule has 0 aliphatic heterocycles. The van der Waals surface area contributed by atoms with Crippen molar-refractivity contribution in [2.24, 2.45) is 0 Å². The SMILES string of the molecule is C=Cc1cc(Br)cc(OC)c1OCc1ccccc1. The predicted octanol–water partition coefficient (Wildman–Crippen LogP) is 4.68. The fourth-order valence-corrected chi connectivity index (χ4v) is 2.23. The summed E-state index contributed by atoms with van der Waals surface area (Å²) in [6, 6.07) is 13.9. The highest BCUT2D eigenvalue weighted by atomic mass is 79.9. The van der Waals surface area contributed by atoms with Crippen LogP contribution in [-0.4, -0.2) is 7.11 Å². The molecule has 98 valence electrons. The van der Waals surface area contributed by atoms with Crippen molar-refractivity contribution < 1.29 is 9.47 Å². The third-order valence-electron chi connectivity index (χ3n) is 2.71. The second-order valence-corrected chi connectivity index (χ2v) is 4.92. The molecule has 3 heteroatoms. The first-order chi connectivity index (χ1) is 9.24. The number of rotatable bonds is 5. The third kappa shape index (κ3) is 3.38. The second kappa shape index (κ2) is 6.43. The lowest BCUT2D eigenvalue weighted by Crippen LogP contribution is -1.99. The van der Waals surface area contributed by atoms with Crippen LogP contribution in [-0.2, 0) is 6.61 Å². The summed E-state index contributed by atoms with van der Waals surface area (Å²) in [7, 11) is 1.63. The van der Waals surface area contributed by atoms with Gasteiger partial charge in [-0.25, -0.2) is 0 Å². The maximum Gasteiger partial charge on any atom is 0.168 e. The molecule has 0 fully saturated rings. The Labute approximate surface area is 121 Å². The van der Waals surface area contributed by atoms with E-state index < -0.39 is 0 Å². The van der Waals surface area contributed by atoms with E-state index in [1.807, 2.05) is 42.5 Å². The molecule has 0 unspecified atom stereocenters. The molecule has 2 rings (SSSR count). The number of ether oxygens (including phenoxy) is 2. The summed E-state index contributed by atoms with van der Waals surface area (Å²) in [6.07, 6.45) is 1.76. The van der Waals surface area contributed by atoms with E-state index in [9.17, 15) is 0 Å². The summed E-state index contributed by atoms with van der Waals surface area (Å²) in [5.74, 6) is 1.41. The van der Waals surface area contributed by atoms with Gasteiger partial charge in [0.25, 0.3) is 0 Å². The number of hydrogen-bond acceptors (Lipinski definition) is 2. The number of methoxy groups -OCH3 is 1. The van der Waals surface area contributed by atoms with Crippen LogP contribution in [0, 0.1) is 0 Å². The largest absolute Gasteiger partial charge is 0.493 e. The highest BCUT2D eigenvalue weighted by Crippen LogP contribution is 2.35. The molecule has 2 aromatic carbocycles. The van der Waals surface area contributed by atoms with Crippen LogP contribution >= 0.6 is 15.9 Å². The van der Waals surface area contributed by atoms with Gasteiger partial charge in [0, 0.05) is 10.0 Å². The first-order valence-electron chi connectivity index (χ1n) is 5.91. The van der Waals surface area contributed by atoms with Gasteiger partial charge < -0.3 is 9.47 Å². The van der Waals surface area contributed by atoms with Crippen molar-refractivity contribution in [2.45, 2.75) is 6.61 Å². The maximum atomic E-state index is 5.87. The smallest absolute Gasteiger partial charge is 0.168 e. The fourth-order valence-electron chi connectivity index (χ4n) is 1.78. The monoisotopic (exact) mass is 318 g/mol. The first kappa shape index (κ1) is 13.7. The van der Waals surface area contributed by atoms with Crippen molar-refractivity contribution in [3.05, 3.63) is 64.6 Å². The van der Waals surface area contributed by atoms with Gasteiger partial charge in [0.15, 0.2) is 11.5 Å². The molecular weight excluding hydrogens is 304 g/mol. The lowest BCUT2D eigenvalue weighted by Gasteiger charge is -2.14. The molecule has 0 amide bonds. The van der Waals surface area contributed by atoms with Crippen LogP contribution in [0.2, 0.25) is 0 Å². The van der Waals surface area contributed by atoms with E-state index in [1.165, 1.54) is 0 Å². The highest BCUT2D eigenvalue weighted by Gasteiger charge is 2.10. The van der Waals surface area contributed by atoms with Crippen molar-refractivity contribution in [3.63, 3.8) is 0 Å². The van der Waals surface area contributed by atoms with Gasteiger partial charge in [0.1, 0.15) is 6.61 Å². The van der Waals surface area contributed by atoms with Crippen molar-refractivity contribution in [2.75, 3.05) is 7.11 Å². The van der Waals surface area contributed by atoms with E-state index in [2.05, 4.69) is 22.5 Å². The summed E-state index contributed by atoms with van der Waals surface area (Å²) >= 11 is 3.44. The zero-order valence-corrected chi connectivity index (χ0v) is 12.3. The molecule has 0 radical (unpaired) electrons. The van der Waals surface area contributed by atoms with Crippen molar-refractivity contribution >= 4 is 22.0 Å². The zero-order chi connectivity index (χ0) is 13.7. The topological polar surface area (TPSA) is 18.5 Å². The van der Waals surface area contributed by atoms with E-state index in [1.54, 1.807) is 13.2 Å². The molecule has 0 aliphatic carbocycles. The summed E-state index contributed by atoms with van der Waals surface area (Å²) in [6.45, 7) is 4.31. The van der Waals surface area contributed by atoms with Crippen molar-refractivity contribution in [1.82, 2.24) is 0 Å². The Kier molecular flexibility index (Phi) is 4.63. The number of benzene rings is 2. The van der Waals surface area contributed by atoms with E-state index in [0.29, 0.717) is 18.1 Å². The van der Waals surface area contributed by atoms with Gasteiger partial charge in [-0.05, 0) is 17.7 Å². The third-order valence-corrected chi connectivity index (χ3v) is 3.17. The first-order valence-corrected chi connectivity index (χ1v) is 6.70. The van der Waals surface area contributed by atoms with E-state index >= 15 is 0 Å². The van der Waals surface area contributed by atoms with Crippen LogP contribution in [0.15, 0.2) is 53.5 Å². The second-order valence-electron chi connectivity index (χ2n) is 4.00. The minimum Gasteiger partial charge on any atom is -0.493 e. The molecule has 0 aliphatic rings. The number of halogens is 1. The molecule has 0 saturated heterocycles. The van der Waals surface area contributed by atoms with Crippen LogP contribution < -0.4 is 9.47 Å². The Hall–Kier alpha value is -1.74. The lowest BCUT2D eigenvalue weighted by atomic mass is 10.2. The minimum absolute atomic E-state index is 0.500. The fraction of sp³-hybridized carbons (Fsp3) is 0.125. The lowest BCUT2D eigenvalue weighted by molar-refractivity contribution is 0.284. The molecule has 0 aromatic heterocycles. The van der Waals surface area contributed by atoms with Gasteiger partial charge in [-0.1, -0.05) is 58.9 Å². The van der Waals surface area contributed by atoms with Crippen LogP contribution in [0.4, 0.5) is 0 Å². The summed E-state index contributed by atoms with van der Waals surface area (Å²) in [5, 5.41) is 0. The zero-order valence-electron chi connectivity index (χ0n) is 10.7. The number of hydrogen-bond donors (Lipinski definition) is 0. The van der Waals surface area contributed by atoms with Gasteiger partial charge in [-0.3, -0.25) is 0 Å². The van der Waals surface area contributed by atoms with Crippen LogP contribution in [0.5, 0.6) is 11.5 Å². The maximum absolute atomic E-state index is 5.87. The van der Waals surface area contributed by atoms with Gasteiger partial charge in [-0.2, -0.15) is 0 Å². The van der Waals surface area contributed by atoms with Gasteiger partial charge in [-0.15, -0.1) is 0 Å². The quantitative estimate of drug-likeness (QED) is 0.797. The Morgan fingerprint density at radius 1 is 1.21 bits per heavy atom. The minimum atomic E-state index is 0.500. The summed E-state index contributed by atoms with van der Waals surface area (Å²) in [4.78, 5) is 0. The van der Waals surface area contributed by atoms with Gasteiger partial charge in [0.2, 0.25) is 0 Å². The molecule has 0 saturated carbocycles. The van der Waals surface area contributed by atoms with E-state index in [-0.39, 0.29) is 0 Å². The molecule has 2 aromatic rings. The predicted molar refractivity (Wildman–Crippen MR) is 81.6 cm³/mol. The molecule has 0 spiro atoms. The Morgan fingerprint density at radius 3 is 2.58 bits per heavy atom. The summed E-state index contributed by atoms with van der Waals surface area (Å²) in [5.41, 5.74) is 2.02. The van der Waals surface area contributed by atoms with Crippen LogP contribution in [0.25, 0.3) is 6.08 Å². The van der Waals surface area contributed by atoms with Crippen LogP contribution in [0.3, 0.4) is 0 Å². The van der Waals surface area contributed by atoms with Crippen molar-refractivity contribution in [3.8, 4) is 11.5 Å². The average molecular weight is 319 g/mol. The van der Waals surface area contributed by atoms with Gasteiger partial charge in [0.05, 0.1) is 7.11 Å². The van der Waals surface area contributed by atoms with Crippen molar-refractivity contribution in [1.29, 1.82) is 0 Å². The molecule has 0 N–H and O–H groups in total. The van der Waals surface area contributed by atoms with Crippen LogP contribution in [0.1, 0.15) is 11.1 Å². The van der Waals surface area contributed by atoms with E-state index in [4.69, 9.17) is 9.47 Å². The Morgan fingerprint density at radius 2 is 1.95 bits per heavy atom. The highest BCUT2D eigenvalue weighted by molar-refractivity contribution is 9.10. The van der Waals surface area contributed by atoms with Gasteiger partial charge >= 0.3 is 0 Å². The molecule has 19 heavy (non-hydrogen) atoms.